The van der Waals surface area contributed by atoms with E-state index in [4.69, 9.17) is 5.11 Å². The molecular weight excluding hydrogens is 191 g/mol. The molecule has 0 spiro atoms. The van der Waals surface area contributed by atoms with Gasteiger partial charge in [0.05, 0.1) is 0 Å². The molecule has 0 bridgehead atoms. The molecule has 0 aliphatic carbocycles. The zero-order valence-electron chi connectivity index (χ0n) is 5.66. The number of benzene rings is 1. The van der Waals surface area contributed by atoms with Gasteiger partial charge in [0.25, 0.3) is 0 Å². The van der Waals surface area contributed by atoms with Crippen molar-refractivity contribution in [2.24, 2.45) is 0 Å². The summed E-state index contributed by atoms with van der Waals surface area (Å²) in [4.78, 5) is 0. The van der Waals surface area contributed by atoms with Gasteiger partial charge in [-0.05, 0) is 0 Å². The van der Waals surface area contributed by atoms with Crippen molar-refractivity contribution in [2.45, 2.75) is 6.92 Å². The SMILES string of the molecule is Cc1ccc(C(O)=[Se])cc1. The van der Waals surface area contributed by atoms with Crippen LogP contribution in [0.5, 0.6) is 0 Å². The Hall–Kier alpha value is -0.591. The Balaban J connectivity index is 3.00. The van der Waals surface area contributed by atoms with Crippen molar-refractivity contribution in [3.05, 3.63) is 35.4 Å². The van der Waals surface area contributed by atoms with E-state index >= 15 is 0 Å². The van der Waals surface area contributed by atoms with E-state index in [9.17, 15) is 0 Å². The average molecular weight is 199 g/mol. The van der Waals surface area contributed by atoms with Crippen molar-refractivity contribution in [3.63, 3.8) is 0 Å². The van der Waals surface area contributed by atoms with Gasteiger partial charge in [-0.1, -0.05) is 0 Å². The Bertz CT molecular complexity index is 238. The molecule has 1 N–H and O–H groups in total. The fourth-order valence-corrected chi connectivity index (χ4v) is 0.982. The van der Waals surface area contributed by atoms with Gasteiger partial charge in [0, 0.05) is 0 Å². The second-order valence-electron chi connectivity index (χ2n) is 2.17. The monoisotopic (exact) mass is 200 g/mol. The summed E-state index contributed by atoms with van der Waals surface area (Å²) in [5.74, 6) is 0. The Labute approximate surface area is 68.1 Å². The third-order valence-corrected chi connectivity index (χ3v) is 1.79. The van der Waals surface area contributed by atoms with Crippen molar-refractivity contribution < 1.29 is 5.11 Å². The van der Waals surface area contributed by atoms with Crippen LogP contribution in [0.15, 0.2) is 24.3 Å². The fourth-order valence-electron chi connectivity index (χ4n) is 0.696. The van der Waals surface area contributed by atoms with Gasteiger partial charge in [0.1, 0.15) is 0 Å². The molecule has 2 heteroatoms. The Kier molecular flexibility index (Phi) is 2.25. The molecule has 0 fully saturated rings. The summed E-state index contributed by atoms with van der Waals surface area (Å²) in [6.45, 7) is 2.01. The summed E-state index contributed by atoms with van der Waals surface area (Å²) in [5, 5.41) is 8.98. The summed E-state index contributed by atoms with van der Waals surface area (Å²) < 4.78 is 0.250. The van der Waals surface area contributed by atoms with Crippen LogP contribution < -0.4 is 0 Å². The molecule has 0 aromatic heterocycles. The number of aliphatic hydroxyl groups is 1. The normalized spacial score (nSPS) is 9.30. The fraction of sp³-hybridized carbons (Fsp3) is 0.125. The van der Waals surface area contributed by atoms with Crippen LogP contribution in [-0.2, 0) is 0 Å². The van der Waals surface area contributed by atoms with Gasteiger partial charge in [-0.25, -0.2) is 0 Å². The zero-order valence-corrected chi connectivity index (χ0v) is 7.38. The number of aryl methyl sites for hydroxylation is 1. The van der Waals surface area contributed by atoms with Gasteiger partial charge in [-0.15, -0.1) is 0 Å². The van der Waals surface area contributed by atoms with Crippen LogP contribution >= 0.6 is 0 Å². The molecule has 0 heterocycles. The van der Waals surface area contributed by atoms with Crippen LogP contribution in [0.4, 0.5) is 0 Å². The molecule has 0 saturated carbocycles. The molecule has 1 nitrogen and oxygen atoms in total. The molecule has 10 heavy (non-hydrogen) atoms. The third kappa shape index (κ3) is 1.69. The Morgan fingerprint density at radius 3 is 2.20 bits per heavy atom. The first-order valence-electron chi connectivity index (χ1n) is 3.00. The van der Waals surface area contributed by atoms with Crippen LogP contribution in [0.25, 0.3) is 0 Å². The van der Waals surface area contributed by atoms with Crippen molar-refractivity contribution in [1.82, 2.24) is 0 Å². The van der Waals surface area contributed by atoms with Crippen LogP contribution in [0.1, 0.15) is 11.1 Å². The predicted octanol–water partition coefficient (Wildman–Crippen LogP) is 1.01. The summed E-state index contributed by atoms with van der Waals surface area (Å²) in [5.41, 5.74) is 2.04. The molecule has 0 amide bonds. The van der Waals surface area contributed by atoms with Crippen molar-refractivity contribution in [2.75, 3.05) is 0 Å². The third-order valence-electron chi connectivity index (χ3n) is 1.30. The van der Waals surface area contributed by atoms with E-state index in [0.29, 0.717) is 0 Å². The molecule has 1 rings (SSSR count). The van der Waals surface area contributed by atoms with Gasteiger partial charge in [-0.2, -0.15) is 0 Å². The van der Waals surface area contributed by atoms with E-state index in [1.807, 2.05) is 31.2 Å². The second-order valence-corrected chi connectivity index (χ2v) is 2.98. The van der Waals surface area contributed by atoms with Crippen molar-refractivity contribution in [1.29, 1.82) is 0 Å². The van der Waals surface area contributed by atoms with E-state index in [2.05, 4.69) is 15.6 Å². The van der Waals surface area contributed by atoms with E-state index in [-0.39, 0.29) is 4.60 Å². The standard InChI is InChI=1S/C8H8OSe/c1-6-2-4-7(5-3-6)8(9)10/h2-5H,1H3,(H,9,10). The molecule has 0 saturated heterocycles. The van der Waals surface area contributed by atoms with Crippen LogP contribution in [-0.4, -0.2) is 25.3 Å². The number of hydrogen-bond acceptors (Lipinski definition) is 1. The Morgan fingerprint density at radius 1 is 1.30 bits per heavy atom. The first kappa shape index (κ1) is 7.52. The molecule has 52 valence electrons. The summed E-state index contributed by atoms with van der Waals surface area (Å²) in [7, 11) is 0. The summed E-state index contributed by atoms with van der Waals surface area (Å²) >= 11 is 2.55. The van der Waals surface area contributed by atoms with Crippen LogP contribution in [0.2, 0.25) is 0 Å². The van der Waals surface area contributed by atoms with Crippen molar-refractivity contribution >= 4 is 20.2 Å². The van der Waals surface area contributed by atoms with E-state index < -0.39 is 0 Å². The van der Waals surface area contributed by atoms with Crippen LogP contribution in [0.3, 0.4) is 0 Å². The maximum absolute atomic E-state index is 8.98. The molecule has 0 aliphatic heterocycles. The quantitative estimate of drug-likeness (QED) is 0.669. The van der Waals surface area contributed by atoms with Gasteiger partial charge < -0.3 is 0 Å². The number of hydrogen-bond donors (Lipinski definition) is 1. The summed E-state index contributed by atoms with van der Waals surface area (Å²) in [6, 6.07) is 7.67. The minimum atomic E-state index is 0.250. The maximum atomic E-state index is 8.98. The topological polar surface area (TPSA) is 20.2 Å². The van der Waals surface area contributed by atoms with Gasteiger partial charge in [-0.3, -0.25) is 0 Å². The number of aliphatic hydroxyl groups excluding tert-OH is 1. The summed E-state index contributed by atoms with van der Waals surface area (Å²) in [6.07, 6.45) is 0. The zero-order chi connectivity index (χ0) is 7.56. The van der Waals surface area contributed by atoms with Crippen LogP contribution in [0, 0.1) is 6.92 Å². The molecule has 0 aliphatic rings. The molecule has 0 radical (unpaired) electrons. The molecule has 1 aromatic rings. The van der Waals surface area contributed by atoms with E-state index in [1.165, 1.54) is 5.56 Å². The molecule has 1 aromatic carbocycles. The second kappa shape index (κ2) is 3.00. The Morgan fingerprint density at radius 2 is 1.80 bits per heavy atom. The van der Waals surface area contributed by atoms with Gasteiger partial charge in [0.15, 0.2) is 0 Å². The van der Waals surface area contributed by atoms with E-state index in [0.717, 1.165) is 5.56 Å². The first-order chi connectivity index (χ1) is 4.70. The van der Waals surface area contributed by atoms with E-state index in [1.54, 1.807) is 0 Å². The van der Waals surface area contributed by atoms with Crippen molar-refractivity contribution in [3.8, 4) is 0 Å². The number of rotatable bonds is 1. The minimum absolute atomic E-state index is 0.250. The first-order valence-corrected chi connectivity index (χ1v) is 3.86. The predicted molar refractivity (Wildman–Crippen MR) is 43.0 cm³/mol. The van der Waals surface area contributed by atoms with Gasteiger partial charge >= 0.3 is 67.6 Å². The van der Waals surface area contributed by atoms with Gasteiger partial charge in [0.2, 0.25) is 0 Å². The average Bonchev–Trinajstić information content (AvgIpc) is 1.88. The molecule has 0 unspecified atom stereocenters. The molecular formula is C8H8OSe. The molecule has 0 atom stereocenters.